The van der Waals surface area contributed by atoms with Crippen molar-refractivity contribution >= 4 is 38.7 Å². The van der Waals surface area contributed by atoms with Crippen LogP contribution < -0.4 is 24.5 Å². The minimum absolute atomic E-state index is 0.0567. The Labute approximate surface area is 278 Å². The van der Waals surface area contributed by atoms with Gasteiger partial charge in [-0.15, -0.1) is 0 Å². The van der Waals surface area contributed by atoms with E-state index in [1.54, 1.807) is 42.5 Å². The number of aryl methyl sites for hydroxylation is 1. The van der Waals surface area contributed by atoms with Crippen molar-refractivity contribution in [2.45, 2.75) is 40.2 Å². The summed E-state index contributed by atoms with van der Waals surface area (Å²) in [5, 5.41) is 17.1. The lowest BCUT2D eigenvalue weighted by Crippen LogP contribution is -2.21. The Kier molecular flexibility index (Phi) is 8.95. The molecule has 0 saturated carbocycles. The Morgan fingerprint density at radius 3 is 2.64 bits per heavy atom. The molecule has 0 atom stereocenters. The van der Waals surface area contributed by atoms with Crippen LogP contribution in [0.4, 0.5) is 5.69 Å². The van der Waals surface area contributed by atoms with Crippen molar-refractivity contribution in [3.05, 3.63) is 114 Å². The highest BCUT2D eigenvalue weighted by Crippen LogP contribution is 2.38. The van der Waals surface area contributed by atoms with E-state index in [0.29, 0.717) is 44.9 Å². The summed E-state index contributed by atoms with van der Waals surface area (Å²) < 4.78 is 24.2. The molecule has 4 aromatic carbocycles. The van der Waals surface area contributed by atoms with E-state index in [9.17, 15) is 14.9 Å². The quantitative estimate of drug-likeness (QED) is 0.0823. The number of hydrogen-bond donors (Lipinski definition) is 0. The highest BCUT2D eigenvalue weighted by molar-refractivity contribution is 9.10. The number of hydrogen-bond acceptors (Lipinski definition) is 9. The first-order chi connectivity index (χ1) is 22.6. The van der Waals surface area contributed by atoms with Crippen LogP contribution in [0.5, 0.6) is 23.0 Å². The van der Waals surface area contributed by atoms with Gasteiger partial charge in [0.25, 0.3) is 5.56 Å². The Bertz CT molecular complexity index is 2110. The zero-order valence-corrected chi connectivity index (χ0v) is 27.7. The van der Waals surface area contributed by atoms with E-state index in [1.165, 1.54) is 17.0 Å². The Morgan fingerprint density at radius 1 is 1.09 bits per heavy atom. The lowest BCUT2D eigenvalue weighted by molar-refractivity contribution is -0.386. The summed E-state index contributed by atoms with van der Waals surface area (Å²) in [6, 6.07) is 19.3. The number of ether oxygens (including phenoxy) is 4. The molecule has 0 aliphatic carbocycles. The van der Waals surface area contributed by atoms with Gasteiger partial charge in [0.15, 0.2) is 17.3 Å². The van der Waals surface area contributed by atoms with Gasteiger partial charge in [0, 0.05) is 17.2 Å². The second-order valence-corrected chi connectivity index (χ2v) is 12.0. The fraction of sp³-hybridized carbons (Fsp3) is 0.229. The topological polar surface area (TPSA) is 127 Å². The van der Waals surface area contributed by atoms with E-state index in [-0.39, 0.29) is 36.3 Å². The number of fused-ring (bicyclic) bond motifs is 2. The average Bonchev–Trinajstić information content (AvgIpc) is 3.52. The highest BCUT2D eigenvalue weighted by atomic mass is 79.9. The summed E-state index contributed by atoms with van der Waals surface area (Å²) in [7, 11) is 0. The van der Waals surface area contributed by atoms with Gasteiger partial charge < -0.3 is 18.9 Å². The van der Waals surface area contributed by atoms with Crippen LogP contribution in [0.3, 0.4) is 0 Å². The summed E-state index contributed by atoms with van der Waals surface area (Å²) in [6.07, 6.45) is 1.40. The first-order valence-corrected chi connectivity index (χ1v) is 15.8. The van der Waals surface area contributed by atoms with Crippen LogP contribution in [-0.4, -0.2) is 34.2 Å². The van der Waals surface area contributed by atoms with Gasteiger partial charge >= 0.3 is 5.69 Å². The van der Waals surface area contributed by atoms with E-state index in [4.69, 9.17) is 23.9 Å². The van der Waals surface area contributed by atoms with Crippen LogP contribution in [-0.2, 0) is 6.61 Å². The molecule has 240 valence electrons. The predicted molar refractivity (Wildman–Crippen MR) is 182 cm³/mol. The molecule has 0 N–H and O–H groups in total. The maximum atomic E-state index is 13.9. The molecule has 0 bridgehead atoms. The molecule has 0 amide bonds. The molecule has 47 heavy (non-hydrogen) atoms. The van der Waals surface area contributed by atoms with Crippen molar-refractivity contribution < 1.29 is 23.9 Å². The molecular weight excluding hydrogens is 668 g/mol. The van der Waals surface area contributed by atoms with Gasteiger partial charge in [0.05, 0.1) is 33.1 Å². The molecule has 6 rings (SSSR count). The smallest absolute Gasteiger partial charge is 0.312 e. The zero-order valence-electron chi connectivity index (χ0n) is 26.2. The van der Waals surface area contributed by atoms with Gasteiger partial charge in [0.2, 0.25) is 12.5 Å². The predicted octanol–water partition coefficient (Wildman–Crippen LogP) is 7.75. The summed E-state index contributed by atoms with van der Waals surface area (Å²) in [5.74, 6) is 2.53. The third-order valence-corrected chi connectivity index (χ3v) is 8.25. The van der Waals surface area contributed by atoms with Crippen LogP contribution in [0.25, 0.3) is 22.3 Å². The van der Waals surface area contributed by atoms with E-state index in [0.717, 1.165) is 28.0 Å². The van der Waals surface area contributed by atoms with Gasteiger partial charge in [-0.3, -0.25) is 14.9 Å². The molecule has 0 saturated heterocycles. The van der Waals surface area contributed by atoms with Crippen molar-refractivity contribution in [2.24, 2.45) is 5.10 Å². The molecule has 0 fully saturated rings. The summed E-state index contributed by atoms with van der Waals surface area (Å²) >= 11 is 3.44. The van der Waals surface area contributed by atoms with E-state index in [2.05, 4.69) is 34.9 Å². The van der Waals surface area contributed by atoms with Gasteiger partial charge in [-0.25, -0.2) is 4.98 Å². The van der Waals surface area contributed by atoms with E-state index >= 15 is 0 Å². The van der Waals surface area contributed by atoms with Gasteiger partial charge in [-0.1, -0.05) is 32.0 Å². The van der Waals surface area contributed by atoms with Crippen molar-refractivity contribution in [3.63, 3.8) is 0 Å². The Hall–Kier alpha value is -5.23. The molecule has 0 spiro atoms. The molecule has 12 heteroatoms. The molecule has 1 aliphatic rings. The summed E-state index contributed by atoms with van der Waals surface area (Å²) in [4.78, 5) is 30.3. The maximum Gasteiger partial charge on any atom is 0.312 e. The molecule has 0 radical (unpaired) electrons. The summed E-state index contributed by atoms with van der Waals surface area (Å²) in [6.45, 7) is 8.73. The molecule has 2 heterocycles. The number of nitro groups is 1. The largest absolute Gasteiger partial charge is 0.494 e. The van der Waals surface area contributed by atoms with E-state index < -0.39 is 4.92 Å². The van der Waals surface area contributed by atoms with Gasteiger partial charge in [-0.05, 0) is 94.9 Å². The number of rotatable bonds is 10. The van der Waals surface area contributed by atoms with Crippen LogP contribution in [0.2, 0.25) is 0 Å². The average molecular weight is 700 g/mol. The second-order valence-electron chi connectivity index (χ2n) is 11.2. The molecule has 1 aromatic heterocycles. The van der Waals surface area contributed by atoms with Crippen LogP contribution in [0.15, 0.2) is 81.1 Å². The molecule has 1 aliphatic heterocycles. The van der Waals surface area contributed by atoms with Crippen molar-refractivity contribution in [2.75, 3.05) is 13.4 Å². The number of nitro benzene ring substituents is 1. The molecule has 5 aromatic rings. The second kappa shape index (κ2) is 13.2. The van der Waals surface area contributed by atoms with Crippen LogP contribution in [0.1, 0.15) is 48.9 Å². The number of benzene rings is 4. The van der Waals surface area contributed by atoms with Crippen LogP contribution in [0, 0.1) is 17.0 Å². The lowest BCUT2D eigenvalue weighted by Gasteiger charge is -2.18. The number of aromatic nitrogens is 2. The van der Waals surface area contributed by atoms with Crippen LogP contribution >= 0.6 is 15.9 Å². The molecule has 11 nitrogen and oxygen atoms in total. The lowest BCUT2D eigenvalue weighted by atomic mass is 9.96. The van der Waals surface area contributed by atoms with E-state index in [1.807, 2.05) is 32.0 Å². The number of nitrogens with zero attached hydrogens (tertiary/aromatic N) is 4. The van der Waals surface area contributed by atoms with Crippen molar-refractivity contribution in [3.8, 4) is 34.4 Å². The SMILES string of the molecule is CCOc1cc(C)c(-c2nc3ccccc3c(=O)n2N=Cc2cc(Br)c(OCc3ccc4c(c3)OCO4)c([N+](=O)[O-])c2)cc1C(C)C. The third kappa shape index (κ3) is 6.41. The summed E-state index contributed by atoms with van der Waals surface area (Å²) in [5.41, 5.74) is 3.55. The number of para-hydroxylation sites is 1. The maximum absolute atomic E-state index is 13.9. The fourth-order valence-electron chi connectivity index (χ4n) is 5.34. The first-order valence-electron chi connectivity index (χ1n) is 15.0. The normalized spacial score (nSPS) is 12.3. The van der Waals surface area contributed by atoms with Crippen molar-refractivity contribution in [1.82, 2.24) is 9.66 Å². The molecule has 0 unspecified atom stereocenters. The third-order valence-electron chi connectivity index (χ3n) is 7.66. The standard InChI is InChI=1S/C35H31BrN4O7/c1-5-44-31-12-21(4)26(16-25(31)20(2)3)34-38-28-9-7-6-8-24(28)35(41)39(34)37-17-23-13-27(36)33(29(14-23)40(42)43)45-18-22-10-11-30-32(15-22)47-19-46-30/h6-17,20H,5,18-19H2,1-4H3. The minimum Gasteiger partial charge on any atom is -0.494 e. The minimum atomic E-state index is -0.525. The van der Waals surface area contributed by atoms with Gasteiger partial charge in [0.1, 0.15) is 12.4 Å². The Morgan fingerprint density at radius 2 is 1.87 bits per heavy atom. The molecular formula is C35H31BrN4O7. The zero-order chi connectivity index (χ0) is 33.2. The Balaban J connectivity index is 1.40. The highest BCUT2D eigenvalue weighted by Gasteiger charge is 2.22. The first kappa shape index (κ1) is 31.7. The van der Waals surface area contributed by atoms with Gasteiger partial charge in [-0.2, -0.15) is 9.78 Å². The van der Waals surface area contributed by atoms with Crippen molar-refractivity contribution in [1.29, 1.82) is 0 Å². The fourth-order valence-corrected chi connectivity index (χ4v) is 5.92. The monoisotopic (exact) mass is 698 g/mol. The number of halogens is 1.